The van der Waals surface area contributed by atoms with Gasteiger partial charge in [-0.3, -0.25) is 0 Å². The molecule has 0 aromatic heterocycles. The molecular formula is C15H16ClNO. The lowest BCUT2D eigenvalue weighted by Crippen LogP contribution is -2.04. The summed E-state index contributed by atoms with van der Waals surface area (Å²) in [6.45, 7) is 2.60. The van der Waals surface area contributed by atoms with Crippen molar-refractivity contribution >= 4 is 11.6 Å². The zero-order valence-corrected chi connectivity index (χ0v) is 11.1. The van der Waals surface area contributed by atoms with Gasteiger partial charge >= 0.3 is 0 Å². The third kappa shape index (κ3) is 3.03. The average Bonchev–Trinajstić information content (AvgIpc) is 2.35. The Balaban J connectivity index is 2.31. The van der Waals surface area contributed by atoms with E-state index >= 15 is 0 Å². The Morgan fingerprint density at radius 1 is 1.11 bits per heavy atom. The lowest BCUT2D eigenvalue weighted by atomic mass is 10.1. The van der Waals surface area contributed by atoms with Gasteiger partial charge in [0.2, 0.25) is 0 Å². The quantitative estimate of drug-likeness (QED) is 0.905. The second kappa shape index (κ2) is 5.89. The fraction of sp³-hybridized carbons (Fsp3) is 0.200. The second-order valence-electron chi connectivity index (χ2n) is 4.16. The highest BCUT2D eigenvalue weighted by Crippen LogP contribution is 2.29. The molecule has 2 rings (SSSR count). The van der Waals surface area contributed by atoms with E-state index in [1.807, 2.05) is 49.4 Å². The number of halogens is 1. The van der Waals surface area contributed by atoms with Crippen LogP contribution in [0.15, 0.2) is 42.5 Å². The summed E-state index contributed by atoms with van der Waals surface area (Å²) in [5.74, 6) is 1.68. The highest BCUT2D eigenvalue weighted by atomic mass is 35.5. The predicted molar refractivity (Wildman–Crippen MR) is 75.5 cm³/mol. The van der Waals surface area contributed by atoms with Crippen LogP contribution in [0.5, 0.6) is 11.5 Å². The summed E-state index contributed by atoms with van der Waals surface area (Å²) in [6, 6.07) is 13.5. The van der Waals surface area contributed by atoms with Gasteiger partial charge < -0.3 is 10.5 Å². The summed E-state index contributed by atoms with van der Waals surface area (Å²) in [5, 5.41) is 0.704. The van der Waals surface area contributed by atoms with Gasteiger partial charge in [-0.2, -0.15) is 0 Å². The van der Waals surface area contributed by atoms with E-state index in [4.69, 9.17) is 22.1 Å². The number of hydrogen-bond donors (Lipinski definition) is 1. The lowest BCUT2D eigenvalue weighted by molar-refractivity contribution is 0.472. The van der Waals surface area contributed by atoms with Gasteiger partial charge in [0.15, 0.2) is 0 Å². The lowest BCUT2D eigenvalue weighted by Gasteiger charge is -2.12. The van der Waals surface area contributed by atoms with Gasteiger partial charge in [0.1, 0.15) is 11.5 Å². The first-order valence-electron chi connectivity index (χ1n) is 5.92. The van der Waals surface area contributed by atoms with Crippen LogP contribution in [0.2, 0.25) is 5.02 Å². The topological polar surface area (TPSA) is 35.2 Å². The molecule has 2 N–H and O–H groups in total. The molecule has 2 nitrogen and oxygen atoms in total. The molecule has 0 unspecified atom stereocenters. The molecular weight excluding hydrogens is 246 g/mol. The molecule has 0 bridgehead atoms. The zero-order chi connectivity index (χ0) is 13.0. The Bertz CT molecular complexity index is 540. The minimum atomic E-state index is 0.574. The van der Waals surface area contributed by atoms with Gasteiger partial charge in [-0.25, -0.2) is 0 Å². The number of rotatable bonds is 4. The van der Waals surface area contributed by atoms with E-state index in [1.165, 1.54) is 0 Å². The smallest absolute Gasteiger partial charge is 0.130 e. The van der Waals surface area contributed by atoms with Crippen molar-refractivity contribution in [1.29, 1.82) is 0 Å². The van der Waals surface area contributed by atoms with Gasteiger partial charge in [-0.15, -0.1) is 0 Å². The van der Waals surface area contributed by atoms with E-state index in [2.05, 4.69) is 0 Å². The molecule has 0 saturated carbocycles. The minimum Gasteiger partial charge on any atom is -0.457 e. The molecule has 0 saturated heterocycles. The summed E-state index contributed by atoms with van der Waals surface area (Å²) in [7, 11) is 0. The molecule has 0 aliphatic carbocycles. The van der Waals surface area contributed by atoms with Crippen molar-refractivity contribution in [3.8, 4) is 11.5 Å². The third-order valence-electron chi connectivity index (χ3n) is 2.75. The van der Waals surface area contributed by atoms with E-state index in [1.54, 1.807) is 0 Å². The summed E-state index contributed by atoms with van der Waals surface area (Å²) in [6.07, 6.45) is 0.752. The van der Waals surface area contributed by atoms with Gasteiger partial charge in [-0.1, -0.05) is 29.8 Å². The molecule has 0 aliphatic rings. The SMILES string of the molecule is Cc1ccccc1Oc1ccc(Cl)cc1CCN. The molecule has 94 valence electrons. The fourth-order valence-electron chi connectivity index (χ4n) is 1.79. The van der Waals surface area contributed by atoms with E-state index in [0.29, 0.717) is 11.6 Å². The summed E-state index contributed by atoms with van der Waals surface area (Å²) >= 11 is 5.99. The normalized spacial score (nSPS) is 10.4. The van der Waals surface area contributed by atoms with Gasteiger partial charge in [0.25, 0.3) is 0 Å². The zero-order valence-electron chi connectivity index (χ0n) is 10.3. The predicted octanol–water partition coefficient (Wildman–Crippen LogP) is 3.94. The van der Waals surface area contributed by atoms with E-state index in [0.717, 1.165) is 29.0 Å². The number of nitrogens with two attached hydrogens (primary N) is 1. The van der Waals surface area contributed by atoms with Crippen LogP contribution in [0.25, 0.3) is 0 Å². The standard InChI is InChI=1S/C15H16ClNO/c1-11-4-2-3-5-14(11)18-15-7-6-13(16)10-12(15)8-9-17/h2-7,10H,8-9,17H2,1H3. The third-order valence-corrected chi connectivity index (χ3v) is 2.98. The van der Waals surface area contributed by atoms with Crippen LogP contribution in [-0.2, 0) is 6.42 Å². The first-order chi connectivity index (χ1) is 8.70. The number of benzene rings is 2. The average molecular weight is 262 g/mol. The van der Waals surface area contributed by atoms with Crippen LogP contribution in [-0.4, -0.2) is 6.54 Å². The number of hydrogen-bond acceptors (Lipinski definition) is 2. The molecule has 18 heavy (non-hydrogen) atoms. The maximum Gasteiger partial charge on any atom is 0.130 e. The highest BCUT2D eigenvalue weighted by molar-refractivity contribution is 6.30. The van der Waals surface area contributed by atoms with Gasteiger partial charge in [0.05, 0.1) is 0 Å². The van der Waals surface area contributed by atoms with Crippen molar-refractivity contribution in [2.45, 2.75) is 13.3 Å². The van der Waals surface area contributed by atoms with Crippen LogP contribution >= 0.6 is 11.6 Å². The Morgan fingerprint density at radius 3 is 2.61 bits per heavy atom. The number of ether oxygens (including phenoxy) is 1. The molecule has 0 heterocycles. The molecule has 0 fully saturated rings. The van der Waals surface area contributed by atoms with E-state index in [9.17, 15) is 0 Å². The summed E-state index contributed by atoms with van der Waals surface area (Å²) in [5.41, 5.74) is 7.74. The molecule has 2 aromatic rings. The largest absolute Gasteiger partial charge is 0.457 e. The molecule has 2 aromatic carbocycles. The number of para-hydroxylation sites is 1. The Morgan fingerprint density at radius 2 is 1.89 bits per heavy atom. The van der Waals surface area contributed by atoms with Crippen molar-refractivity contribution in [3.05, 3.63) is 58.6 Å². The fourth-order valence-corrected chi connectivity index (χ4v) is 1.98. The van der Waals surface area contributed by atoms with Crippen molar-refractivity contribution in [3.63, 3.8) is 0 Å². The molecule has 0 radical (unpaired) electrons. The highest BCUT2D eigenvalue weighted by Gasteiger charge is 2.06. The Labute approximate surface area is 112 Å². The van der Waals surface area contributed by atoms with Crippen LogP contribution in [0, 0.1) is 6.92 Å². The Hall–Kier alpha value is -1.51. The monoisotopic (exact) mass is 261 g/mol. The maximum absolute atomic E-state index is 5.99. The Kier molecular flexibility index (Phi) is 4.24. The number of aryl methyl sites for hydroxylation is 1. The summed E-state index contributed by atoms with van der Waals surface area (Å²) in [4.78, 5) is 0. The van der Waals surface area contributed by atoms with Crippen molar-refractivity contribution in [2.24, 2.45) is 5.73 Å². The molecule has 0 amide bonds. The molecule has 0 spiro atoms. The van der Waals surface area contributed by atoms with E-state index in [-0.39, 0.29) is 0 Å². The van der Waals surface area contributed by atoms with Crippen molar-refractivity contribution in [2.75, 3.05) is 6.54 Å². The van der Waals surface area contributed by atoms with Crippen LogP contribution < -0.4 is 10.5 Å². The summed E-state index contributed by atoms with van der Waals surface area (Å²) < 4.78 is 5.93. The van der Waals surface area contributed by atoms with Crippen molar-refractivity contribution in [1.82, 2.24) is 0 Å². The molecule has 0 atom stereocenters. The van der Waals surface area contributed by atoms with Crippen LogP contribution in [0.4, 0.5) is 0 Å². The van der Waals surface area contributed by atoms with Crippen LogP contribution in [0.1, 0.15) is 11.1 Å². The second-order valence-corrected chi connectivity index (χ2v) is 4.59. The van der Waals surface area contributed by atoms with Gasteiger partial charge in [-0.05, 0) is 55.3 Å². The minimum absolute atomic E-state index is 0.574. The molecule has 0 aliphatic heterocycles. The van der Waals surface area contributed by atoms with Gasteiger partial charge in [0, 0.05) is 5.02 Å². The first-order valence-corrected chi connectivity index (χ1v) is 6.30. The van der Waals surface area contributed by atoms with Crippen LogP contribution in [0.3, 0.4) is 0 Å². The first kappa shape index (κ1) is 12.9. The van der Waals surface area contributed by atoms with E-state index < -0.39 is 0 Å². The van der Waals surface area contributed by atoms with Crippen molar-refractivity contribution < 1.29 is 4.74 Å². The molecule has 3 heteroatoms. The maximum atomic E-state index is 5.99.